The van der Waals surface area contributed by atoms with Crippen LogP contribution in [0.5, 0.6) is 0 Å². The van der Waals surface area contributed by atoms with E-state index in [-0.39, 0.29) is 24.8 Å². The molecule has 2 fully saturated rings. The summed E-state index contributed by atoms with van der Waals surface area (Å²) in [5.41, 5.74) is 0. The molecule has 3 rings (SSSR count). The Morgan fingerprint density at radius 2 is 1.89 bits per heavy atom. The highest BCUT2D eigenvalue weighted by Gasteiger charge is 2.38. The second-order valence-corrected chi connectivity index (χ2v) is 5.49. The van der Waals surface area contributed by atoms with Gasteiger partial charge in [0.1, 0.15) is 5.76 Å². The minimum atomic E-state index is 0. The number of rotatable bonds is 3. The molecule has 1 saturated carbocycles. The second-order valence-electron chi connectivity index (χ2n) is 4.71. The van der Waals surface area contributed by atoms with E-state index in [4.69, 9.17) is 4.42 Å². The lowest BCUT2D eigenvalue weighted by Crippen LogP contribution is -2.45. The van der Waals surface area contributed by atoms with Crippen LogP contribution in [-0.4, -0.2) is 31.1 Å². The van der Waals surface area contributed by atoms with E-state index in [0.29, 0.717) is 6.04 Å². The van der Waals surface area contributed by atoms with Crippen molar-refractivity contribution in [3.63, 3.8) is 0 Å². The maximum Gasteiger partial charge on any atom is 0.169 e. The lowest BCUT2D eigenvalue weighted by Gasteiger charge is -2.33. The summed E-state index contributed by atoms with van der Waals surface area (Å²) in [6, 6.07) is 4.63. The van der Waals surface area contributed by atoms with Crippen LogP contribution in [0.3, 0.4) is 0 Å². The molecule has 1 aromatic rings. The molecule has 1 saturated heterocycles. The Balaban J connectivity index is 0.000000810. The van der Waals surface area contributed by atoms with Crippen LogP contribution in [0.2, 0.25) is 0 Å². The average molecular weight is 358 g/mol. The number of hydrogen-bond acceptors (Lipinski definition) is 3. The average Bonchev–Trinajstić information content (AvgIpc) is 3.04. The molecule has 0 bridgehead atoms. The van der Waals surface area contributed by atoms with Gasteiger partial charge in [0, 0.05) is 26.2 Å². The lowest BCUT2D eigenvalue weighted by atomic mass is 10.1. The van der Waals surface area contributed by atoms with Crippen LogP contribution in [0.1, 0.15) is 24.6 Å². The molecule has 1 N–H and O–H groups in total. The number of nitrogens with zero attached hydrogens (tertiary/aromatic N) is 1. The molecule has 2 aliphatic rings. The molecule has 0 amide bonds. The van der Waals surface area contributed by atoms with Gasteiger partial charge in [0.15, 0.2) is 4.67 Å². The molecule has 0 radical (unpaired) electrons. The molecule has 0 aromatic carbocycles. The second kappa shape index (κ2) is 7.15. The van der Waals surface area contributed by atoms with Crippen molar-refractivity contribution >= 4 is 40.7 Å². The third-order valence-corrected chi connectivity index (χ3v) is 3.93. The van der Waals surface area contributed by atoms with Gasteiger partial charge in [0.05, 0.1) is 6.04 Å². The van der Waals surface area contributed by atoms with Crippen LogP contribution in [0.15, 0.2) is 21.2 Å². The van der Waals surface area contributed by atoms with Gasteiger partial charge in [-0.3, -0.25) is 4.90 Å². The SMILES string of the molecule is Brc1ccc([C@@H](C2CC2)N2CCNCC2)o1.Cl.Cl. The van der Waals surface area contributed by atoms with E-state index in [1.54, 1.807) is 0 Å². The largest absolute Gasteiger partial charge is 0.453 e. The summed E-state index contributed by atoms with van der Waals surface area (Å²) in [7, 11) is 0. The Hall–Kier alpha value is 0.260. The van der Waals surface area contributed by atoms with E-state index in [1.807, 2.05) is 6.07 Å². The molecular formula is C12H19BrCl2N2O. The van der Waals surface area contributed by atoms with E-state index < -0.39 is 0 Å². The summed E-state index contributed by atoms with van der Waals surface area (Å²) in [6.07, 6.45) is 2.71. The third kappa shape index (κ3) is 3.64. The molecule has 1 atom stereocenters. The highest BCUT2D eigenvalue weighted by Crippen LogP contribution is 2.45. The van der Waals surface area contributed by atoms with Crippen LogP contribution < -0.4 is 5.32 Å². The first-order valence-electron chi connectivity index (χ1n) is 6.04. The molecule has 1 aliphatic carbocycles. The molecule has 18 heavy (non-hydrogen) atoms. The fraction of sp³-hybridized carbons (Fsp3) is 0.667. The Morgan fingerprint density at radius 3 is 2.39 bits per heavy atom. The molecule has 3 nitrogen and oxygen atoms in total. The van der Waals surface area contributed by atoms with Gasteiger partial charge in [0.2, 0.25) is 0 Å². The lowest BCUT2D eigenvalue weighted by molar-refractivity contribution is 0.136. The highest BCUT2D eigenvalue weighted by molar-refractivity contribution is 9.10. The summed E-state index contributed by atoms with van der Waals surface area (Å²) < 4.78 is 6.61. The molecular weight excluding hydrogens is 339 g/mol. The van der Waals surface area contributed by atoms with Crippen LogP contribution in [0, 0.1) is 5.92 Å². The van der Waals surface area contributed by atoms with Crippen molar-refractivity contribution < 1.29 is 4.42 Å². The summed E-state index contributed by atoms with van der Waals surface area (Å²) in [5.74, 6) is 1.95. The van der Waals surface area contributed by atoms with Crippen molar-refractivity contribution in [1.29, 1.82) is 0 Å². The minimum Gasteiger partial charge on any atom is -0.453 e. The molecule has 1 aromatic heterocycles. The van der Waals surface area contributed by atoms with Crippen molar-refractivity contribution in [2.24, 2.45) is 5.92 Å². The Morgan fingerprint density at radius 1 is 1.22 bits per heavy atom. The third-order valence-electron chi connectivity index (χ3n) is 3.50. The van der Waals surface area contributed by atoms with Crippen LogP contribution in [0.4, 0.5) is 0 Å². The topological polar surface area (TPSA) is 28.4 Å². The minimum absolute atomic E-state index is 0. The zero-order valence-corrected chi connectivity index (χ0v) is 13.3. The number of nitrogens with one attached hydrogen (secondary N) is 1. The highest BCUT2D eigenvalue weighted by atomic mass is 79.9. The maximum absolute atomic E-state index is 5.75. The molecule has 0 unspecified atom stereocenters. The maximum atomic E-state index is 5.75. The van der Waals surface area contributed by atoms with E-state index >= 15 is 0 Å². The fourth-order valence-electron chi connectivity index (χ4n) is 2.57. The quantitative estimate of drug-likeness (QED) is 0.900. The smallest absolute Gasteiger partial charge is 0.169 e. The Kier molecular flexibility index (Phi) is 6.48. The van der Waals surface area contributed by atoms with Gasteiger partial charge in [-0.05, 0) is 46.8 Å². The monoisotopic (exact) mass is 356 g/mol. The Bertz CT molecular complexity index is 365. The van der Waals surface area contributed by atoms with Crippen molar-refractivity contribution in [2.45, 2.75) is 18.9 Å². The summed E-state index contributed by atoms with van der Waals surface area (Å²) in [4.78, 5) is 2.57. The van der Waals surface area contributed by atoms with Gasteiger partial charge in [-0.2, -0.15) is 0 Å². The van der Waals surface area contributed by atoms with Gasteiger partial charge in [-0.25, -0.2) is 0 Å². The summed E-state index contributed by atoms with van der Waals surface area (Å²) in [6.45, 7) is 4.48. The van der Waals surface area contributed by atoms with Crippen LogP contribution in [-0.2, 0) is 0 Å². The zero-order chi connectivity index (χ0) is 11.0. The fourth-order valence-corrected chi connectivity index (χ4v) is 2.89. The van der Waals surface area contributed by atoms with Gasteiger partial charge < -0.3 is 9.73 Å². The van der Waals surface area contributed by atoms with Crippen molar-refractivity contribution in [3.05, 3.63) is 22.6 Å². The van der Waals surface area contributed by atoms with E-state index in [2.05, 4.69) is 32.2 Å². The van der Waals surface area contributed by atoms with Crippen LogP contribution in [0.25, 0.3) is 0 Å². The molecule has 1 aliphatic heterocycles. The van der Waals surface area contributed by atoms with Gasteiger partial charge in [0.25, 0.3) is 0 Å². The first kappa shape index (κ1) is 16.3. The van der Waals surface area contributed by atoms with E-state index in [1.165, 1.54) is 12.8 Å². The van der Waals surface area contributed by atoms with Crippen molar-refractivity contribution in [2.75, 3.05) is 26.2 Å². The zero-order valence-electron chi connectivity index (χ0n) is 10.1. The standard InChI is InChI=1S/C12H17BrN2O.2ClH/c13-11-4-3-10(16-11)12(9-1-2-9)15-7-5-14-6-8-15;;/h3-4,9,12,14H,1-2,5-8H2;2*1H/t12-;;/m1../s1. The number of hydrogen-bond donors (Lipinski definition) is 1. The Labute approximate surface area is 129 Å². The molecule has 2 heterocycles. The summed E-state index contributed by atoms with van der Waals surface area (Å²) >= 11 is 3.40. The molecule has 104 valence electrons. The predicted molar refractivity (Wildman–Crippen MR) is 80.8 cm³/mol. The first-order valence-corrected chi connectivity index (χ1v) is 6.84. The number of furan rings is 1. The first-order chi connectivity index (χ1) is 7.84. The van der Waals surface area contributed by atoms with E-state index in [9.17, 15) is 0 Å². The molecule has 0 spiro atoms. The molecule has 6 heteroatoms. The van der Waals surface area contributed by atoms with Crippen molar-refractivity contribution in [3.8, 4) is 0 Å². The van der Waals surface area contributed by atoms with E-state index in [0.717, 1.165) is 42.5 Å². The van der Waals surface area contributed by atoms with Crippen molar-refractivity contribution in [1.82, 2.24) is 10.2 Å². The van der Waals surface area contributed by atoms with Crippen LogP contribution >= 0.6 is 40.7 Å². The predicted octanol–water partition coefficient (Wildman–Crippen LogP) is 3.24. The number of piperazine rings is 1. The number of halogens is 3. The van der Waals surface area contributed by atoms with Gasteiger partial charge >= 0.3 is 0 Å². The van der Waals surface area contributed by atoms with Gasteiger partial charge in [-0.1, -0.05) is 0 Å². The van der Waals surface area contributed by atoms with Gasteiger partial charge in [-0.15, -0.1) is 24.8 Å². The normalized spacial score (nSPS) is 21.8. The summed E-state index contributed by atoms with van der Waals surface area (Å²) in [5, 5.41) is 3.40.